The van der Waals surface area contributed by atoms with E-state index >= 15 is 0 Å². The van der Waals surface area contributed by atoms with Gasteiger partial charge in [0.2, 0.25) is 0 Å². The zero-order chi connectivity index (χ0) is 20.5. The number of ether oxygens (including phenoxy) is 3. The van der Waals surface area contributed by atoms with Gasteiger partial charge in [-0.3, -0.25) is 4.79 Å². The van der Waals surface area contributed by atoms with E-state index in [0.717, 1.165) is 28.4 Å². The van der Waals surface area contributed by atoms with Gasteiger partial charge in [-0.05, 0) is 58.4 Å². The topological polar surface area (TPSA) is 56.8 Å². The average molecular weight is 383 g/mol. The van der Waals surface area contributed by atoms with Crippen molar-refractivity contribution in [3.63, 3.8) is 0 Å². The zero-order valence-corrected chi connectivity index (χ0v) is 17.5. The van der Waals surface area contributed by atoms with Gasteiger partial charge >= 0.3 is 0 Å². The highest BCUT2D eigenvalue weighted by atomic mass is 16.5. The number of fused-ring (bicyclic) bond motifs is 1. The minimum atomic E-state index is -0.603. The molecule has 28 heavy (non-hydrogen) atoms. The van der Waals surface area contributed by atoms with Crippen molar-refractivity contribution >= 4 is 5.91 Å². The summed E-state index contributed by atoms with van der Waals surface area (Å²) in [6.07, 6.45) is 0.0722. The molecule has 5 nitrogen and oxygen atoms in total. The molecule has 1 aliphatic heterocycles. The van der Waals surface area contributed by atoms with E-state index in [2.05, 4.69) is 5.32 Å². The van der Waals surface area contributed by atoms with Gasteiger partial charge in [-0.1, -0.05) is 17.7 Å². The standard InChI is InChI=1S/C23H29NO4/c1-14-7-10-20(15(2)11-14)27-16(3)22(25)24-19-13-23(4,5)28-21-12-17(26-6)8-9-18(19)21/h7-12,16,19H,13H2,1-6H3,(H,24,25). The lowest BCUT2D eigenvalue weighted by molar-refractivity contribution is -0.128. The number of amides is 1. The van der Waals surface area contributed by atoms with Crippen LogP contribution in [0.4, 0.5) is 0 Å². The maximum absolute atomic E-state index is 12.8. The van der Waals surface area contributed by atoms with Crippen LogP contribution in [0.1, 0.15) is 49.9 Å². The van der Waals surface area contributed by atoms with Crippen LogP contribution in [0.2, 0.25) is 0 Å². The van der Waals surface area contributed by atoms with E-state index in [1.54, 1.807) is 14.0 Å². The molecule has 0 aliphatic carbocycles. The fourth-order valence-electron chi connectivity index (χ4n) is 3.55. The number of nitrogens with one attached hydrogen (secondary N) is 1. The first-order chi connectivity index (χ1) is 13.2. The van der Waals surface area contributed by atoms with Gasteiger partial charge in [0.1, 0.15) is 22.8 Å². The number of rotatable bonds is 5. The van der Waals surface area contributed by atoms with E-state index in [1.165, 1.54) is 5.56 Å². The SMILES string of the molecule is COc1ccc2c(c1)OC(C)(C)CC2NC(=O)C(C)Oc1ccc(C)cc1C. The Bertz CT molecular complexity index is 875. The van der Waals surface area contributed by atoms with E-state index in [1.807, 2.05) is 64.1 Å². The summed E-state index contributed by atoms with van der Waals surface area (Å²) in [7, 11) is 1.63. The highest BCUT2D eigenvalue weighted by Crippen LogP contribution is 2.41. The van der Waals surface area contributed by atoms with Crippen LogP contribution in [-0.2, 0) is 4.79 Å². The molecular formula is C23H29NO4. The van der Waals surface area contributed by atoms with E-state index < -0.39 is 11.7 Å². The molecule has 2 aromatic carbocycles. The number of aryl methyl sites for hydroxylation is 2. The van der Waals surface area contributed by atoms with Gasteiger partial charge in [-0.25, -0.2) is 0 Å². The summed E-state index contributed by atoms with van der Waals surface area (Å²) < 4.78 is 17.3. The second kappa shape index (κ2) is 7.74. The van der Waals surface area contributed by atoms with E-state index in [-0.39, 0.29) is 11.9 Å². The number of hydrogen-bond donors (Lipinski definition) is 1. The van der Waals surface area contributed by atoms with Crippen LogP contribution in [0, 0.1) is 13.8 Å². The number of methoxy groups -OCH3 is 1. The minimum Gasteiger partial charge on any atom is -0.497 e. The van der Waals surface area contributed by atoms with Gasteiger partial charge in [-0.2, -0.15) is 0 Å². The molecule has 1 amide bonds. The summed E-state index contributed by atoms with van der Waals surface area (Å²) in [6.45, 7) is 9.83. The second-order valence-electron chi connectivity index (χ2n) is 8.06. The van der Waals surface area contributed by atoms with Crippen molar-refractivity contribution < 1.29 is 19.0 Å². The zero-order valence-electron chi connectivity index (χ0n) is 17.5. The lowest BCUT2D eigenvalue weighted by Gasteiger charge is -2.38. The lowest BCUT2D eigenvalue weighted by atomic mass is 9.89. The van der Waals surface area contributed by atoms with Crippen LogP contribution in [0.25, 0.3) is 0 Å². The van der Waals surface area contributed by atoms with Crippen molar-refractivity contribution in [1.29, 1.82) is 0 Å². The molecular weight excluding hydrogens is 354 g/mol. The Labute approximate surface area is 167 Å². The first-order valence-corrected chi connectivity index (χ1v) is 9.60. The van der Waals surface area contributed by atoms with Crippen LogP contribution in [0.5, 0.6) is 17.2 Å². The fraction of sp³-hybridized carbons (Fsp3) is 0.435. The maximum atomic E-state index is 12.8. The van der Waals surface area contributed by atoms with Gasteiger partial charge in [0.05, 0.1) is 13.2 Å². The third-order valence-electron chi connectivity index (χ3n) is 5.00. The highest BCUT2D eigenvalue weighted by molar-refractivity contribution is 5.81. The quantitative estimate of drug-likeness (QED) is 0.826. The maximum Gasteiger partial charge on any atom is 0.261 e. The van der Waals surface area contributed by atoms with Crippen molar-refractivity contribution in [3.05, 3.63) is 53.1 Å². The van der Waals surface area contributed by atoms with Crippen LogP contribution >= 0.6 is 0 Å². The summed E-state index contributed by atoms with van der Waals surface area (Å²) in [5.41, 5.74) is 2.74. The molecule has 1 heterocycles. The molecule has 0 radical (unpaired) electrons. The molecule has 3 rings (SSSR count). The van der Waals surface area contributed by atoms with Crippen LogP contribution in [0.3, 0.4) is 0 Å². The summed E-state index contributed by atoms with van der Waals surface area (Å²) in [5, 5.41) is 3.13. The Morgan fingerprint density at radius 3 is 2.64 bits per heavy atom. The van der Waals surface area contributed by atoms with Crippen molar-refractivity contribution in [3.8, 4) is 17.2 Å². The Hall–Kier alpha value is -2.69. The predicted molar refractivity (Wildman–Crippen MR) is 109 cm³/mol. The fourth-order valence-corrected chi connectivity index (χ4v) is 3.55. The molecule has 0 aromatic heterocycles. The molecule has 2 unspecified atom stereocenters. The molecule has 1 N–H and O–H groups in total. The van der Waals surface area contributed by atoms with Gasteiger partial charge in [0.15, 0.2) is 6.10 Å². The van der Waals surface area contributed by atoms with Gasteiger partial charge < -0.3 is 19.5 Å². The average Bonchev–Trinajstić information content (AvgIpc) is 2.62. The Morgan fingerprint density at radius 1 is 1.21 bits per heavy atom. The molecule has 1 aliphatic rings. The third-order valence-corrected chi connectivity index (χ3v) is 5.00. The molecule has 0 bridgehead atoms. The van der Waals surface area contributed by atoms with Gasteiger partial charge in [0, 0.05) is 18.1 Å². The molecule has 5 heteroatoms. The minimum absolute atomic E-state index is 0.149. The van der Waals surface area contributed by atoms with Crippen LogP contribution in [0.15, 0.2) is 36.4 Å². The van der Waals surface area contributed by atoms with E-state index in [4.69, 9.17) is 14.2 Å². The first kappa shape index (κ1) is 20.1. The third kappa shape index (κ3) is 4.41. The van der Waals surface area contributed by atoms with Crippen LogP contribution in [-0.4, -0.2) is 24.7 Å². The van der Waals surface area contributed by atoms with E-state index in [0.29, 0.717) is 6.42 Å². The normalized spacial score (nSPS) is 18.4. The highest BCUT2D eigenvalue weighted by Gasteiger charge is 2.35. The van der Waals surface area contributed by atoms with Gasteiger partial charge in [-0.15, -0.1) is 0 Å². The summed E-state index contributed by atoms with van der Waals surface area (Å²) in [6, 6.07) is 11.5. The molecule has 0 spiro atoms. The second-order valence-corrected chi connectivity index (χ2v) is 8.06. The molecule has 0 saturated heterocycles. The van der Waals surface area contributed by atoms with Gasteiger partial charge in [0.25, 0.3) is 5.91 Å². The monoisotopic (exact) mass is 383 g/mol. The number of carbonyl (C=O) groups is 1. The number of carbonyl (C=O) groups excluding carboxylic acids is 1. The Kier molecular flexibility index (Phi) is 5.54. The summed E-state index contributed by atoms with van der Waals surface area (Å²) >= 11 is 0. The largest absolute Gasteiger partial charge is 0.497 e. The Balaban J connectivity index is 1.76. The lowest BCUT2D eigenvalue weighted by Crippen LogP contribution is -2.44. The predicted octanol–water partition coefficient (Wildman–Crippen LogP) is 4.50. The summed E-state index contributed by atoms with van der Waals surface area (Å²) in [4.78, 5) is 12.8. The van der Waals surface area contributed by atoms with E-state index in [9.17, 15) is 4.79 Å². The summed E-state index contributed by atoms with van der Waals surface area (Å²) in [5.74, 6) is 2.05. The van der Waals surface area contributed by atoms with Crippen molar-refractivity contribution in [2.75, 3.05) is 7.11 Å². The van der Waals surface area contributed by atoms with Crippen molar-refractivity contribution in [2.45, 2.75) is 58.8 Å². The molecule has 0 saturated carbocycles. The molecule has 2 aromatic rings. The first-order valence-electron chi connectivity index (χ1n) is 9.60. The molecule has 150 valence electrons. The van der Waals surface area contributed by atoms with Crippen LogP contribution < -0.4 is 19.5 Å². The molecule has 0 fully saturated rings. The van der Waals surface area contributed by atoms with Crippen molar-refractivity contribution in [1.82, 2.24) is 5.32 Å². The number of benzene rings is 2. The number of hydrogen-bond acceptors (Lipinski definition) is 4. The Morgan fingerprint density at radius 2 is 1.96 bits per heavy atom. The molecule has 2 atom stereocenters. The van der Waals surface area contributed by atoms with Crippen molar-refractivity contribution in [2.24, 2.45) is 0 Å². The smallest absolute Gasteiger partial charge is 0.261 e.